The second kappa shape index (κ2) is 7.23. The van der Waals surface area contributed by atoms with Gasteiger partial charge in [0.25, 0.3) is 11.8 Å². The second-order valence-electron chi connectivity index (χ2n) is 6.55. The molecule has 0 bridgehead atoms. The molecule has 2 amide bonds. The fourth-order valence-corrected chi connectivity index (χ4v) is 3.36. The first-order valence-electron chi connectivity index (χ1n) is 8.54. The first-order valence-corrected chi connectivity index (χ1v) is 8.54. The molecule has 0 atom stereocenters. The number of imide groups is 1. The van der Waals surface area contributed by atoms with Crippen LogP contribution in [-0.2, 0) is 0 Å². The van der Waals surface area contributed by atoms with Crippen LogP contribution in [0.1, 0.15) is 46.4 Å². The van der Waals surface area contributed by atoms with Gasteiger partial charge in [0.05, 0.1) is 11.1 Å². The lowest BCUT2D eigenvalue weighted by atomic mass is 10.1. The fourth-order valence-electron chi connectivity index (χ4n) is 3.36. The SMILES string of the molecule is CN1CCC(NCCCCN2C(=O)c3ccccc3C2=O)CC1. The molecule has 2 aliphatic rings. The molecule has 0 spiro atoms. The van der Waals surface area contributed by atoms with Crippen LogP contribution in [0.4, 0.5) is 0 Å². The number of nitrogens with zero attached hydrogens (tertiary/aromatic N) is 2. The van der Waals surface area contributed by atoms with E-state index in [1.54, 1.807) is 24.3 Å². The number of amides is 2. The van der Waals surface area contributed by atoms with Crippen molar-refractivity contribution in [3.8, 4) is 0 Å². The van der Waals surface area contributed by atoms with Gasteiger partial charge in [-0.05, 0) is 64.5 Å². The minimum Gasteiger partial charge on any atom is -0.314 e. The van der Waals surface area contributed by atoms with Crippen LogP contribution >= 0.6 is 0 Å². The summed E-state index contributed by atoms with van der Waals surface area (Å²) in [5, 5.41) is 3.59. The van der Waals surface area contributed by atoms with Crippen LogP contribution < -0.4 is 5.32 Å². The van der Waals surface area contributed by atoms with Gasteiger partial charge in [-0.3, -0.25) is 14.5 Å². The molecule has 1 aromatic carbocycles. The summed E-state index contributed by atoms with van der Waals surface area (Å²) in [6.07, 6.45) is 4.24. The minimum absolute atomic E-state index is 0.145. The van der Waals surface area contributed by atoms with Crippen LogP contribution in [0, 0.1) is 0 Å². The number of hydrogen-bond donors (Lipinski definition) is 1. The van der Waals surface area contributed by atoms with Crippen molar-refractivity contribution in [3.05, 3.63) is 35.4 Å². The predicted octanol–water partition coefficient (Wildman–Crippen LogP) is 1.75. The molecule has 2 heterocycles. The summed E-state index contributed by atoms with van der Waals surface area (Å²) in [7, 11) is 2.16. The summed E-state index contributed by atoms with van der Waals surface area (Å²) in [5.41, 5.74) is 1.09. The Morgan fingerprint density at radius 2 is 1.65 bits per heavy atom. The third-order valence-electron chi connectivity index (χ3n) is 4.84. The summed E-state index contributed by atoms with van der Waals surface area (Å²) in [4.78, 5) is 28.2. The number of benzene rings is 1. The summed E-state index contributed by atoms with van der Waals surface area (Å²) in [5.74, 6) is -0.289. The topological polar surface area (TPSA) is 52.6 Å². The lowest BCUT2D eigenvalue weighted by Crippen LogP contribution is -2.41. The van der Waals surface area contributed by atoms with Crippen molar-refractivity contribution >= 4 is 11.8 Å². The zero-order valence-electron chi connectivity index (χ0n) is 13.8. The number of likely N-dealkylation sites (tertiary alicyclic amines) is 1. The third kappa shape index (κ3) is 3.62. The zero-order valence-corrected chi connectivity index (χ0v) is 13.8. The van der Waals surface area contributed by atoms with E-state index in [2.05, 4.69) is 17.3 Å². The van der Waals surface area contributed by atoms with Crippen molar-refractivity contribution < 1.29 is 9.59 Å². The van der Waals surface area contributed by atoms with Gasteiger partial charge in [0.1, 0.15) is 0 Å². The number of fused-ring (bicyclic) bond motifs is 1. The maximum Gasteiger partial charge on any atom is 0.261 e. The van der Waals surface area contributed by atoms with Crippen LogP contribution in [0.2, 0.25) is 0 Å². The van der Waals surface area contributed by atoms with Gasteiger partial charge >= 0.3 is 0 Å². The van der Waals surface area contributed by atoms with Crippen LogP contribution in [0.25, 0.3) is 0 Å². The van der Waals surface area contributed by atoms with E-state index in [0.717, 1.165) is 32.5 Å². The summed E-state index contributed by atoms with van der Waals surface area (Å²) in [6, 6.07) is 7.69. The Morgan fingerprint density at radius 1 is 1.04 bits per heavy atom. The number of hydrogen-bond acceptors (Lipinski definition) is 4. The van der Waals surface area contributed by atoms with Crippen LogP contribution in [0.3, 0.4) is 0 Å². The molecule has 1 aromatic rings. The number of unbranched alkanes of at least 4 members (excludes halogenated alkanes) is 1. The van der Waals surface area contributed by atoms with Crippen molar-refractivity contribution in [1.29, 1.82) is 0 Å². The highest BCUT2D eigenvalue weighted by Crippen LogP contribution is 2.22. The fraction of sp³-hybridized carbons (Fsp3) is 0.556. The molecule has 5 nitrogen and oxygen atoms in total. The Kier molecular flexibility index (Phi) is 5.08. The quantitative estimate of drug-likeness (QED) is 0.642. The molecule has 2 aliphatic heterocycles. The molecule has 23 heavy (non-hydrogen) atoms. The van der Waals surface area contributed by atoms with E-state index in [4.69, 9.17) is 0 Å². The first kappa shape index (κ1) is 16.1. The smallest absolute Gasteiger partial charge is 0.261 e. The summed E-state index contributed by atoms with van der Waals surface area (Å²) >= 11 is 0. The third-order valence-corrected chi connectivity index (χ3v) is 4.84. The molecule has 0 aliphatic carbocycles. The standard InChI is InChI=1S/C18H25N3O2/c1-20-12-8-14(9-13-20)19-10-4-5-11-21-17(22)15-6-2-3-7-16(15)18(21)23/h2-3,6-7,14,19H,4-5,8-13H2,1H3. The molecular weight excluding hydrogens is 290 g/mol. The molecule has 1 saturated heterocycles. The molecule has 5 heteroatoms. The van der Waals surface area contributed by atoms with Gasteiger partial charge < -0.3 is 10.2 Å². The number of rotatable bonds is 6. The molecular formula is C18H25N3O2. The Bertz CT molecular complexity index is 544. The highest BCUT2D eigenvalue weighted by atomic mass is 16.2. The molecule has 124 valence electrons. The average molecular weight is 315 g/mol. The second-order valence-corrected chi connectivity index (χ2v) is 6.55. The molecule has 3 rings (SSSR count). The van der Waals surface area contributed by atoms with E-state index < -0.39 is 0 Å². The monoisotopic (exact) mass is 315 g/mol. The molecule has 0 saturated carbocycles. The van der Waals surface area contributed by atoms with Crippen LogP contribution in [0.15, 0.2) is 24.3 Å². The molecule has 1 fully saturated rings. The van der Waals surface area contributed by atoms with Gasteiger partial charge in [0.2, 0.25) is 0 Å². The maximum absolute atomic E-state index is 12.2. The van der Waals surface area contributed by atoms with E-state index in [1.165, 1.54) is 17.7 Å². The van der Waals surface area contributed by atoms with Gasteiger partial charge in [-0.25, -0.2) is 0 Å². The summed E-state index contributed by atoms with van der Waals surface area (Å²) < 4.78 is 0. The molecule has 0 unspecified atom stereocenters. The van der Waals surface area contributed by atoms with E-state index in [0.29, 0.717) is 23.7 Å². The van der Waals surface area contributed by atoms with E-state index in [9.17, 15) is 9.59 Å². The highest BCUT2D eigenvalue weighted by molar-refractivity contribution is 6.21. The molecule has 1 N–H and O–H groups in total. The minimum atomic E-state index is -0.145. The number of carbonyl (C=O) groups is 2. The van der Waals surface area contributed by atoms with Gasteiger partial charge in [0.15, 0.2) is 0 Å². The van der Waals surface area contributed by atoms with Crippen molar-refractivity contribution in [2.45, 2.75) is 31.7 Å². The lowest BCUT2D eigenvalue weighted by Gasteiger charge is -2.29. The van der Waals surface area contributed by atoms with E-state index >= 15 is 0 Å². The predicted molar refractivity (Wildman–Crippen MR) is 89.6 cm³/mol. The van der Waals surface area contributed by atoms with Crippen LogP contribution in [0.5, 0.6) is 0 Å². The van der Waals surface area contributed by atoms with Crippen molar-refractivity contribution in [1.82, 2.24) is 15.1 Å². The van der Waals surface area contributed by atoms with Crippen molar-refractivity contribution in [2.75, 3.05) is 33.2 Å². The van der Waals surface area contributed by atoms with Crippen molar-refractivity contribution in [3.63, 3.8) is 0 Å². The Hall–Kier alpha value is -1.72. The normalized spacial score (nSPS) is 19.4. The maximum atomic E-state index is 12.2. The van der Waals surface area contributed by atoms with Gasteiger partial charge in [-0.1, -0.05) is 12.1 Å². The van der Waals surface area contributed by atoms with Gasteiger partial charge in [0, 0.05) is 12.6 Å². The average Bonchev–Trinajstić information content (AvgIpc) is 2.81. The molecule has 0 radical (unpaired) electrons. The van der Waals surface area contributed by atoms with Gasteiger partial charge in [-0.15, -0.1) is 0 Å². The number of nitrogens with one attached hydrogen (secondary N) is 1. The van der Waals surface area contributed by atoms with Crippen LogP contribution in [-0.4, -0.2) is 60.9 Å². The Labute approximate surface area is 137 Å². The first-order chi connectivity index (χ1) is 11.2. The number of carbonyl (C=O) groups excluding carboxylic acids is 2. The lowest BCUT2D eigenvalue weighted by molar-refractivity contribution is 0.0651. The van der Waals surface area contributed by atoms with E-state index in [1.807, 2.05) is 0 Å². The van der Waals surface area contributed by atoms with Crippen molar-refractivity contribution in [2.24, 2.45) is 0 Å². The largest absolute Gasteiger partial charge is 0.314 e. The number of piperidine rings is 1. The summed E-state index contributed by atoms with van der Waals surface area (Å²) in [6.45, 7) is 3.79. The zero-order chi connectivity index (χ0) is 16.2. The Balaban J connectivity index is 1.39. The van der Waals surface area contributed by atoms with Gasteiger partial charge in [-0.2, -0.15) is 0 Å². The Morgan fingerprint density at radius 3 is 2.26 bits per heavy atom. The van der Waals surface area contributed by atoms with E-state index in [-0.39, 0.29) is 11.8 Å². The highest BCUT2D eigenvalue weighted by Gasteiger charge is 2.34. The molecule has 0 aromatic heterocycles.